The van der Waals surface area contributed by atoms with Crippen LogP contribution in [-0.2, 0) is 0 Å². The third-order valence-corrected chi connectivity index (χ3v) is 3.54. The van der Waals surface area contributed by atoms with Crippen molar-refractivity contribution in [2.45, 2.75) is 65.1 Å². The summed E-state index contributed by atoms with van der Waals surface area (Å²) < 4.78 is 0. The van der Waals surface area contributed by atoms with Crippen molar-refractivity contribution in [1.29, 1.82) is 0 Å². The Balaban J connectivity index is 2.36. The fraction of sp³-hybridized carbons (Fsp3) is 0.857. The molecular formula is C14H28N2. The smallest absolute Gasteiger partial charge is 0.0208 e. The maximum Gasteiger partial charge on any atom is 0.0208 e. The lowest BCUT2D eigenvalue weighted by Crippen LogP contribution is -2.45. The lowest BCUT2D eigenvalue weighted by atomic mass is 9.97. The molecule has 0 aromatic rings. The fourth-order valence-corrected chi connectivity index (χ4v) is 2.45. The van der Waals surface area contributed by atoms with E-state index in [0.29, 0.717) is 6.04 Å². The molecule has 1 heterocycles. The first-order valence-corrected chi connectivity index (χ1v) is 6.66. The van der Waals surface area contributed by atoms with Gasteiger partial charge >= 0.3 is 0 Å². The van der Waals surface area contributed by atoms with Gasteiger partial charge in [0.15, 0.2) is 0 Å². The maximum absolute atomic E-state index is 4.19. The Morgan fingerprint density at radius 3 is 2.38 bits per heavy atom. The van der Waals surface area contributed by atoms with Gasteiger partial charge in [0.05, 0.1) is 0 Å². The fourth-order valence-electron chi connectivity index (χ4n) is 2.45. The summed E-state index contributed by atoms with van der Waals surface area (Å²) in [6.07, 6.45) is 4.07. The monoisotopic (exact) mass is 224 g/mol. The number of nitrogens with zero attached hydrogens (tertiary/aromatic N) is 1. The molecule has 0 radical (unpaired) electrons. The Labute approximate surface area is 101 Å². The van der Waals surface area contributed by atoms with Crippen LogP contribution in [0.4, 0.5) is 0 Å². The van der Waals surface area contributed by atoms with Crippen LogP contribution < -0.4 is 5.32 Å². The number of hydrogen-bond donors (Lipinski definition) is 1. The third-order valence-electron chi connectivity index (χ3n) is 3.54. The lowest BCUT2D eigenvalue weighted by molar-refractivity contribution is 0.115. The Bertz CT molecular complexity index is 213. The summed E-state index contributed by atoms with van der Waals surface area (Å²) in [4.78, 5) is 2.60. The van der Waals surface area contributed by atoms with E-state index in [1.165, 1.54) is 24.8 Å². The average Bonchev–Trinajstić information content (AvgIpc) is 2.21. The van der Waals surface area contributed by atoms with E-state index in [1.54, 1.807) is 0 Å². The van der Waals surface area contributed by atoms with Crippen molar-refractivity contribution < 1.29 is 0 Å². The molecule has 0 amide bonds. The number of nitrogens with one attached hydrogen (secondary N) is 1. The quantitative estimate of drug-likeness (QED) is 0.722. The molecule has 0 saturated carbocycles. The van der Waals surface area contributed by atoms with Crippen molar-refractivity contribution >= 4 is 0 Å². The minimum Gasteiger partial charge on any atom is -0.311 e. The molecular weight excluding hydrogens is 196 g/mol. The summed E-state index contributed by atoms with van der Waals surface area (Å²) >= 11 is 0. The normalized spacial score (nSPS) is 27.3. The number of hydrogen-bond acceptors (Lipinski definition) is 2. The molecule has 0 spiro atoms. The van der Waals surface area contributed by atoms with Crippen LogP contribution in [0.15, 0.2) is 12.2 Å². The Morgan fingerprint density at radius 1 is 1.31 bits per heavy atom. The predicted octanol–water partition coefficient (Wildman–Crippen LogP) is 2.80. The third kappa shape index (κ3) is 4.26. The molecule has 94 valence electrons. The van der Waals surface area contributed by atoms with Gasteiger partial charge in [0.1, 0.15) is 0 Å². The molecule has 1 aliphatic rings. The van der Waals surface area contributed by atoms with Crippen molar-refractivity contribution in [2.24, 2.45) is 0 Å². The zero-order valence-corrected chi connectivity index (χ0v) is 11.4. The highest BCUT2D eigenvalue weighted by Gasteiger charge is 2.24. The first-order chi connectivity index (χ1) is 7.50. The molecule has 0 aliphatic carbocycles. The van der Waals surface area contributed by atoms with Crippen molar-refractivity contribution in [3.8, 4) is 0 Å². The Kier molecular flexibility index (Phi) is 5.50. The van der Waals surface area contributed by atoms with Crippen LogP contribution in [0, 0.1) is 0 Å². The number of rotatable bonds is 5. The van der Waals surface area contributed by atoms with Crippen LogP contribution in [0.1, 0.15) is 47.0 Å². The van der Waals surface area contributed by atoms with Gasteiger partial charge < -0.3 is 5.32 Å². The molecule has 16 heavy (non-hydrogen) atoms. The van der Waals surface area contributed by atoms with Crippen LogP contribution in [0.5, 0.6) is 0 Å². The molecule has 2 atom stereocenters. The number of piperidine rings is 1. The second-order valence-corrected chi connectivity index (χ2v) is 5.59. The Morgan fingerprint density at radius 2 is 1.88 bits per heavy atom. The topological polar surface area (TPSA) is 15.3 Å². The lowest BCUT2D eigenvalue weighted by Gasteiger charge is -2.39. The van der Waals surface area contributed by atoms with E-state index in [-0.39, 0.29) is 0 Å². The van der Waals surface area contributed by atoms with Crippen molar-refractivity contribution in [1.82, 2.24) is 10.2 Å². The van der Waals surface area contributed by atoms with Gasteiger partial charge in [-0.1, -0.05) is 26.8 Å². The second-order valence-electron chi connectivity index (χ2n) is 5.59. The minimum absolute atomic E-state index is 0.549. The summed E-state index contributed by atoms with van der Waals surface area (Å²) in [5.41, 5.74) is 1.31. The van der Waals surface area contributed by atoms with Gasteiger partial charge in [0.25, 0.3) is 0 Å². The van der Waals surface area contributed by atoms with Crippen molar-refractivity contribution in [3.05, 3.63) is 12.2 Å². The first kappa shape index (κ1) is 13.7. The average molecular weight is 224 g/mol. The molecule has 2 unspecified atom stereocenters. The minimum atomic E-state index is 0.549. The van der Waals surface area contributed by atoms with Gasteiger partial charge in [-0.25, -0.2) is 0 Å². The van der Waals surface area contributed by atoms with Gasteiger partial charge in [-0.2, -0.15) is 0 Å². The van der Waals surface area contributed by atoms with Gasteiger partial charge in [0.2, 0.25) is 0 Å². The highest BCUT2D eigenvalue weighted by Crippen LogP contribution is 2.22. The standard InChI is InChI=1S/C14H28N2/c1-11(2)15-9-12(3)10-16-13(4)7-6-8-14(16)5/h11,13-15H,3,6-10H2,1-2,4-5H3. The highest BCUT2D eigenvalue weighted by atomic mass is 15.2. The Hall–Kier alpha value is -0.340. The van der Waals surface area contributed by atoms with E-state index < -0.39 is 0 Å². The molecule has 0 bridgehead atoms. The van der Waals surface area contributed by atoms with Crippen LogP contribution in [-0.4, -0.2) is 36.1 Å². The predicted molar refractivity (Wildman–Crippen MR) is 71.8 cm³/mol. The van der Waals surface area contributed by atoms with Gasteiger partial charge in [0, 0.05) is 31.2 Å². The molecule has 1 N–H and O–H groups in total. The molecule has 0 aromatic carbocycles. The SMILES string of the molecule is C=C(CNC(C)C)CN1C(C)CCCC1C. The van der Waals surface area contributed by atoms with E-state index in [4.69, 9.17) is 0 Å². The first-order valence-electron chi connectivity index (χ1n) is 6.66. The molecule has 2 heteroatoms. The van der Waals surface area contributed by atoms with Gasteiger partial charge in [-0.05, 0) is 32.3 Å². The molecule has 1 fully saturated rings. The summed E-state index contributed by atoms with van der Waals surface area (Å²) in [5.74, 6) is 0. The van der Waals surface area contributed by atoms with Crippen LogP contribution in [0.25, 0.3) is 0 Å². The molecule has 2 nitrogen and oxygen atoms in total. The maximum atomic E-state index is 4.19. The van der Waals surface area contributed by atoms with E-state index >= 15 is 0 Å². The molecule has 1 rings (SSSR count). The van der Waals surface area contributed by atoms with Crippen molar-refractivity contribution in [3.63, 3.8) is 0 Å². The van der Waals surface area contributed by atoms with Crippen LogP contribution >= 0.6 is 0 Å². The van der Waals surface area contributed by atoms with E-state index in [1.807, 2.05) is 0 Å². The van der Waals surface area contributed by atoms with Crippen molar-refractivity contribution in [2.75, 3.05) is 13.1 Å². The summed E-state index contributed by atoms with van der Waals surface area (Å²) in [5, 5.41) is 3.44. The summed E-state index contributed by atoms with van der Waals surface area (Å²) in [6.45, 7) is 15.2. The zero-order valence-electron chi connectivity index (χ0n) is 11.4. The highest BCUT2D eigenvalue weighted by molar-refractivity contribution is 5.02. The van der Waals surface area contributed by atoms with E-state index in [2.05, 4.69) is 44.5 Å². The summed E-state index contributed by atoms with van der Waals surface area (Å²) in [7, 11) is 0. The van der Waals surface area contributed by atoms with Gasteiger partial charge in [-0.3, -0.25) is 4.90 Å². The zero-order chi connectivity index (χ0) is 12.1. The molecule has 1 saturated heterocycles. The number of likely N-dealkylation sites (tertiary alicyclic amines) is 1. The molecule has 0 aromatic heterocycles. The molecule has 1 aliphatic heterocycles. The largest absolute Gasteiger partial charge is 0.311 e. The second kappa shape index (κ2) is 6.41. The van der Waals surface area contributed by atoms with Crippen LogP contribution in [0.2, 0.25) is 0 Å². The van der Waals surface area contributed by atoms with E-state index in [9.17, 15) is 0 Å². The van der Waals surface area contributed by atoms with E-state index in [0.717, 1.165) is 25.2 Å². The summed E-state index contributed by atoms with van der Waals surface area (Å²) in [6, 6.07) is 1.99. The van der Waals surface area contributed by atoms with Crippen LogP contribution in [0.3, 0.4) is 0 Å². The van der Waals surface area contributed by atoms with Gasteiger partial charge in [-0.15, -0.1) is 0 Å².